The first-order valence-electron chi connectivity index (χ1n) is 4.70. The van der Waals surface area contributed by atoms with Gasteiger partial charge in [-0.05, 0) is 22.9 Å². The molecule has 0 bridgehead atoms. The van der Waals surface area contributed by atoms with Crippen LogP contribution in [-0.2, 0) is 4.74 Å². The normalized spacial score (nSPS) is 10.5. The molecule has 17 heavy (non-hydrogen) atoms. The van der Waals surface area contributed by atoms with Crippen LogP contribution in [0.4, 0.5) is 8.78 Å². The number of methoxy groups -OCH3 is 1. The summed E-state index contributed by atoms with van der Waals surface area (Å²) in [5.74, 6) is -1.06. The Morgan fingerprint density at radius 1 is 1.59 bits per heavy atom. The first-order chi connectivity index (χ1) is 8.02. The number of carbonyl (C=O) groups excluding carboxylic acids is 1. The monoisotopic (exact) mass is 309 g/mol. The molecule has 0 aliphatic rings. The van der Waals surface area contributed by atoms with Crippen molar-refractivity contribution in [1.82, 2.24) is 4.98 Å². The van der Waals surface area contributed by atoms with E-state index in [-0.39, 0.29) is 22.5 Å². The van der Waals surface area contributed by atoms with Gasteiger partial charge in [0, 0.05) is 10.7 Å². The Labute approximate surface area is 105 Å². The van der Waals surface area contributed by atoms with Crippen LogP contribution in [0.3, 0.4) is 0 Å². The minimum Gasteiger partial charge on any atom is -0.494 e. The maximum absolute atomic E-state index is 12.8. The number of carbonyl (C=O) groups is 1. The first-order valence-corrected chi connectivity index (χ1v) is 5.49. The average molecular weight is 310 g/mol. The van der Waals surface area contributed by atoms with Crippen LogP contribution in [0.25, 0.3) is 0 Å². The second-order valence-corrected chi connectivity index (χ2v) is 3.78. The third kappa shape index (κ3) is 2.91. The first kappa shape index (κ1) is 13.8. The molecule has 7 heteroatoms. The summed E-state index contributed by atoms with van der Waals surface area (Å²) >= 11 is 2.94. The molecule has 0 atom stereocenters. The zero-order valence-corrected chi connectivity index (χ0v) is 10.8. The van der Waals surface area contributed by atoms with Crippen molar-refractivity contribution in [3.63, 3.8) is 0 Å². The Morgan fingerprint density at radius 2 is 2.24 bits per heavy atom. The second-order valence-electron chi connectivity index (χ2n) is 2.92. The number of nitrogens with zero attached hydrogens (tertiary/aromatic N) is 1. The van der Waals surface area contributed by atoms with Crippen LogP contribution in [-0.4, -0.2) is 24.7 Å². The highest BCUT2D eigenvalue weighted by molar-refractivity contribution is 9.10. The molecule has 1 aromatic heterocycles. The van der Waals surface area contributed by atoms with Crippen molar-refractivity contribution < 1.29 is 23.0 Å². The van der Waals surface area contributed by atoms with Gasteiger partial charge in [-0.2, -0.15) is 0 Å². The number of ether oxygens (including phenoxy) is 2. The zero-order valence-electron chi connectivity index (χ0n) is 9.17. The number of pyridine rings is 1. The largest absolute Gasteiger partial charge is 0.494 e. The lowest BCUT2D eigenvalue weighted by atomic mass is 10.2. The van der Waals surface area contributed by atoms with Crippen molar-refractivity contribution in [2.75, 3.05) is 13.7 Å². The van der Waals surface area contributed by atoms with E-state index >= 15 is 0 Å². The quantitative estimate of drug-likeness (QED) is 0.802. The fourth-order valence-electron chi connectivity index (χ4n) is 1.24. The van der Waals surface area contributed by atoms with E-state index in [1.165, 1.54) is 7.11 Å². The van der Waals surface area contributed by atoms with Crippen LogP contribution >= 0.6 is 15.9 Å². The lowest BCUT2D eigenvalue weighted by molar-refractivity contribution is 0.0514. The molecule has 1 heterocycles. The summed E-state index contributed by atoms with van der Waals surface area (Å²) in [5.41, 5.74) is -0.668. The molecule has 1 aromatic rings. The van der Waals surface area contributed by atoms with Crippen LogP contribution < -0.4 is 4.74 Å². The van der Waals surface area contributed by atoms with Gasteiger partial charge in [-0.15, -0.1) is 0 Å². The summed E-state index contributed by atoms with van der Waals surface area (Å²) < 4.78 is 35.2. The molecule has 1 rings (SSSR count). The number of esters is 1. The molecule has 0 amide bonds. The van der Waals surface area contributed by atoms with Crippen LogP contribution in [0.5, 0.6) is 5.75 Å². The average Bonchev–Trinajstić information content (AvgIpc) is 2.27. The number of rotatable bonds is 4. The highest BCUT2D eigenvalue weighted by Gasteiger charge is 2.26. The van der Waals surface area contributed by atoms with Gasteiger partial charge in [0.25, 0.3) is 6.43 Å². The van der Waals surface area contributed by atoms with E-state index in [2.05, 4.69) is 20.9 Å². The molecule has 0 saturated carbocycles. The van der Waals surface area contributed by atoms with E-state index in [0.717, 1.165) is 6.20 Å². The summed E-state index contributed by atoms with van der Waals surface area (Å²) in [4.78, 5) is 15.2. The van der Waals surface area contributed by atoms with E-state index in [1.54, 1.807) is 6.92 Å². The van der Waals surface area contributed by atoms with E-state index in [1.807, 2.05) is 0 Å². The van der Waals surface area contributed by atoms with Crippen LogP contribution in [0.2, 0.25) is 0 Å². The molecular weight excluding hydrogens is 300 g/mol. The number of aromatic nitrogens is 1. The maximum atomic E-state index is 12.8. The number of halogens is 3. The summed E-state index contributed by atoms with van der Waals surface area (Å²) in [6.07, 6.45) is -1.66. The van der Waals surface area contributed by atoms with Gasteiger partial charge in [0.15, 0.2) is 11.4 Å². The van der Waals surface area contributed by atoms with E-state index in [0.29, 0.717) is 0 Å². The molecule has 0 aromatic carbocycles. The van der Waals surface area contributed by atoms with Gasteiger partial charge in [-0.25, -0.2) is 18.6 Å². The molecule has 0 radical (unpaired) electrons. The third-order valence-electron chi connectivity index (χ3n) is 1.92. The predicted molar refractivity (Wildman–Crippen MR) is 59.4 cm³/mol. The van der Waals surface area contributed by atoms with E-state index < -0.39 is 18.0 Å². The van der Waals surface area contributed by atoms with Crippen molar-refractivity contribution in [3.05, 3.63) is 21.9 Å². The minimum absolute atomic E-state index is 0.0809. The Balaban J connectivity index is 3.32. The molecular formula is C10H10BrF2NO3. The van der Waals surface area contributed by atoms with Crippen molar-refractivity contribution >= 4 is 21.9 Å². The van der Waals surface area contributed by atoms with Gasteiger partial charge >= 0.3 is 5.97 Å². The summed E-state index contributed by atoms with van der Waals surface area (Å²) in [6, 6.07) is 0. The van der Waals surface area contributed by atoms with E-state index in [9.17, 15) is 13.6 Å². The zero-order chi connectivity index (χ0) is 13.0. The standard InChI is InChI=1S/C10H10BrF2NO3/c1-3-17-10(15)7-8(16-2)6(9(12)13)5(11)4-14-7/h4,9H,3H2,1-2H3. The summed E-state index contributed by atoms with van der Waals surface area (Å²) in [6.45, 7) is 1.74. The molecule has 0 spiro atoms. The third-order valence-corrected chi connectivity index (χ3v) is 2.55. The molecule has 4 nitrogen and oxygen atoms in total. The number of alkyl halides is 2. The SMILES string of the molecule is CCOC(=O)c1ncc(Br)c(C(F)F)c1OC. The van der Waals surface area contributed by atoms with Crippen LogP contribution in [0, 0.1) is 0 Å². The Kier molecular flexibility index (Phi) is 4.80. The highest BCUT2D eigenvalue weighted by Crippen LogP contribution is 2.36. The van der Waals surface area contributed by atoms with Crippen molar-refractivity contribution in [3.8, 4) is 5.75 Å². The Bertz CT molecular complexity index is 426. The van der Waals surface area contributed by atoms with Gasteiger partial charge < -0.3 is 9.47 Å². The lowest BCUT2D eigenvalue weighted by Gasteiger charge is -2.12. The molecule has 0 aliphatic carbocycles. The molecule has 0 aliphatic heterocycles. The lowest BCUT2D eigenvalue weighted by Crippen LogP contribution is -2.11. The summed E-state index contributed by atoms with van der Waals surface area (Å²) in [5, 5.41) is 0. The number of hydrogen-bond acceptors (Lipinski definition) is 4. The fraction of sp³-hybridized carbons (Fsp3) is 0.400. The second kappa shape index (κ2) is 5.90. The maximum Gasteiger partial charge on any atom is 0.360 e. The van der Waals surface area contributed by atoms with Crippen molar-refractivity contribution in [1.29, 1.82) is 0 Å². The van der Waals surface area contributed by atoms with Crippen LogP contribution in [0.15, 0.2) is 10.7 Å². The molecule has 0 N–H and O–H groups in total. The number of hydrogen-bond donors (Lipinski definition) is 0. The van der Waals surface area contributed by atoms with Crippen LogP contribution in [0.1, 0.15) is 29.4 Å². The Morgan fingerprint density at radius 3 is 2.71 bits per heavy atom. The van der Waals surface area contributed by atoms with Gasteiger partial charge in [0.1, 0.15) is 0 Å². The van der Waals surface area contributed by atoms with Crippen molar-refractivity contribution in [2.45, 2.75) is 13.3 Å². The molecule has 0 unspecified atom stereocenters. The van der Waals surface area contributed by atoms with Gasteiger partial charge in [-0.1, -0.05) is 0 Å². The van der Waals surface area contributed by atoms with Gasteiger partial charge in [0.05, 0.1) is 19.3 Å². The van der Waals surface area contributed by atoms with E-state index in [4.69, 9.17) is 9.47 Å². The summed E-state index contributed by atoms with van der Waals surface area (Å²) in [7, 11) is 1.19. The highest BCUT2D eigenvalue weighted by atomic mass is 79.9. The van der Waals surface area contributed by atoms with Crippen molar-refractivity contribution in [2.24, 2.45) is 0 Å². The predicted octanol–water partition coefficient (Wildman–Crippen LogP) is 2.97. The smallest absolute Gasteiger partial charge is 0.360 e. The fourth-order valence-corrected chi connectivity index (χ4v) is 1.70. The van der Waals surface area contributed by atoms with Gasteiger partial charge in [-0.3, -0.25) is 0 Å². The van der Waals surface area contributed by atoms with Gasteiger partial charge in [0.2, 0.25) is 0 Å². The molecule has 94 valence electrons. The topological polar surface area (TPSA) is 48.4 Å². The Hall–Kier alpha value is -1.24. The molecule has 0 saturated heterocycles. The molecule has 0 fully saturated rings. The minimum atomic E-state index is -2.78.